The summed E-state index contributed by atoms with van der Waals surface area (Å²) in [6, 6.07) is 1.73. The fourth-order valence-electron chi connectivity index (χ4n) is 5.76. The Kier molecular flexibility index (Phi) is 6.43. The first kappa shape index (κ1) is 24.3. The molecule has 192 valence electrons. The molecule has 11 heteroatoms. The molecular formula is C24H32F3N5O3. The Balaban J connectivity index is 1.41. The van der Waals surface area contributed by atoms with Crippen LogP contribution in [-0.2, 0) is 15.0 Å². The van der Waals surface area contributed by atoms with Crippen molar-refractivity contribution in [3.05, 3.63) is 24.3 Å². The molecule has 3 aliphatic rings. The summed E-state index contributed by atoms with van der Waals surface area (Å²) in [5.74, 6) is 1.11. The second kappa shape index (κ2) is 9.25. The predicted molar refractivity (Wildman–Crippen MR) is 123 cm³/mol. The highest BCUT2D eigenvalue weighted by atomic mass is 19.4. The van der Waals surface area contributed by atoms with Crippen molar-refractivity contribution in [2.45, 2.75) is 56.0 Å². The normalized spacial score (nSPS) is 25.8. The Morgan fingerprint density at radius 3 is 2.43 bits per heavy atom. The number of alkyl halides is 3. The van der Waals surface area contributed by atoms with Gasteiger partial charge in [0, 0.05) is 57.2 Å². The zero-order chi connectivity index (χ0) is 24.8. The first-order valence-corrected chi connectivity index (χ1v) is 12.1. The first-order valence-electron chi connectivity index (χ1n) is 12.1. The smallest absolute Gasteiger partial charge is 0.402 e. The maximum Gasteiger partial charge on any atom is 0.573 e. The lowest BCUT2D eigenvalue weighted by atomic mass is 9.49. The number of pyridine rings is 1. The Hall–Kier alpha value is -2.37. The lowest BCUT2D eigenvalue weighted by Crippen LogP contribution is -2.70. The summed E-state index contributed by atoms with van der Waals surface area (Å²) in [6.07, 6.45) is 4.01. The van der Waals surface area contributed by atoms with Crippen LogP contribution in [0.1, 0.15) is 43.8 Å². The number of ether oxygens (including phenoxy) is 3. The SMILES string of the molecule is COCCN(CCOC)C1CC2(n3cc(-c4cnc(N)c(OC(F)(F)F)c4)nc3C3CC3)CCC12. The van der Waals surface area contributed by atoms with Crippen LogP contribution in [0.2, 0.25) is 0 Å². The number of methoxy groups -OCH3 is 2. The molecule has 8 nitrogen and oxygen atoms in total. The third kappa shape index (κ3) is 4.61. The van der Waals surface area contributed by atoms with Gasteiger partial charge >= 0.3 is 6.36 Å². The van der Waals surface area contributed by atoms with E-state index in [0.29, 0.717) is 42.3 Å². The van der Waals surface area contributed by atoms with Crippen LogP contribution in [0.25, 0.3) is 11.3 Å². The Labute approximate surface area is 202 Å². The third-order valence-corrected chi connectivity index (χ3v) is 7.80. The maximum atomic E-state index is 12.8. The standard InChI is InChI=1S/C24H32F3N5O3/c1-33-9-7-31(8-10-34-2)19-12-23(6-5-17(19)23)32-14-18(30-22(32)15-3-4-15)16-11-20(21(28)29-13-16)35-24(25,26)27/h11,13-15,17,19H,3-10,12H2,1-2H3,(H2,28,29). The summed E-state index contributed by atoms with van der Waals surface area (Å²) in [4.78, 5) is 11.3. The lowest BCUT2D eigenvalue weighted by Gasteiger charge is -2.66. The minimum atomic E-state index is -4.84. The van der Waals surface area contributed by atoms with E-state index in [4.69, 9.17) is 20.2 Å². The van der Waals surface area contributed by atoms with Gasteiger partial charge in [0.1, 0.15) is 5.82 Å². The second-order valence-corrected chi connectivity index (χ2v) is 9.83. The molecule has 0 aliphatic heterocycles. The molecule has 0 aromatic carbocycles. The van der Waals surface area contributed by atoms with Crippen LogP contribution in [0, 0.1) is 5.92 Å². The summed E-state index contributed by atoms with van der Waals surface area (Å²) in [6.45, 7) is 3.08. The van der Waals surface area contributed by atoms with Crippen LogP contribution >= 0.6 is 0 Å². The van der Waals surface area contributed by atoms with Gasteiger partial charge in [-0.15, -0.1) is 13.2 Å². The number of hydrogen-bond donors (Lipinski definition) is 1. The number of imidazole rings is 1. The second-order valence-electron chi connectivity index (χ2n) is 9.83. The van der Waals surface area contributed by atoms with Crippen molar-refractivity contribution in [2.24, 2.45) is 5.92 Å². The van der Waals surface area contributed by atoms with Crippen LogP contribution in [0.4, 0.5) is 19.0 Å². The number of aromatic nitrogens is 3. The highest BCUT2D eigenvalue weighted by molar-refractivity contribution is 5.64. The van der Waals surface area contributed by atoms with E-state index in [1.807, 2.05) is 6.20 Å². The van der Waals surface area contributed by atoms with E-state index < -0.39 is 12.1 Å². The number of nitrogen functional groups attached to an aromatic ring is 1. The van der Waals surface area contributed by atoms with Gasteiger partial charge in [-0.05, 0) is 44.1 Å². The molecule has 2 aromatic heterocycles. The molecule has 35 heavy (non-hydrogen) atoms. The third-order valence-electron chi connectivity index (χ3n) is 7.80. The van der Waals surface area contributed by atoms with Crippen LogP contribution in [0.5, 0.6) is 5.75 Å². The van der Waals surface area contributed by atoms with Gasteiger partial charge in [0.15, 0.2) is 11.6 Å². The fraction of sp³-hybridized carbons (Fsp3) is 0.667. The molecule has 3 aliphatic carbocycles. The zero-order valence-electron chi connectivity index (χ0n) is 20.1. The van der Waals surface area contributed by atoms with Crippen molar-refractivity contribution in [3.63, 3.8) is 0 Å². The molecule has 0 saturated heterocycles. The van der Waals surface area contributed by atoms with E-state index in [0.717, 1.165) is 51.0 Å². The molecule has 0 radical (unpaired) electrons. The highest BCUT2D eigenvalue weighted by Crippen LogP contribution is 2.62. The zero-order valence-corrected chi connectivity index (χ0v) is 20.1. The van der Waals surface area contributed by atoms with Crippen molar-refractivity contribution in [1.29, 1.82) is 0 Å². The number of rotatable bonds is 11. The molecule has 3 atom stereocenters. The van der Waals surface area contributed by atoms with Crippen LogP contribution in [0.15, 0.2) is 18.5 Å². The van der Waals surface area contributed by atoms with Gasteiger partial charge in [0.05, 0.1) is 24.4 Å². The Morgan fingerprint density at radius 1 is 1.17 bits per heavy atom. The monoisotopic (exact) mass is 495 g/mol. The van der Waals surface area contributed by atoms with E-state index in [9.17, 15) is 13.2 Å². The molecule has 0 amide bonds. The molecule has 0 bridgehead atoms. The number of nitrogens with zero attached hydrogens (tertiary/aromatic N) is 4. The number of halogens is 3. The molecule has 3 fully saturated rings. The van der Waals surface area contributed by atoms with Gasteiger partial charge in [0.2, 0.25) is 0 Å². The molecule has 5 rings (SSSR count). The van der Waals surface area contributed by atoms with Crippen LogP contribution < -0.4 is 10.5 Å². The van der Waals surface area contributed by atoms with E-state index in [-0.39, 0.29) is 11.4 Å². The minimum absolute atomic E-state index is 0.0127. The van der Waals surface area contributed by atoms with Gasteiger partial charge in [-0.2, -0.15) is 0 Å². The molecule has 2 heterocycles. The topological polar surface area (TPSA) is 87.7 Å². The maximum absolute atomic E-state index is 12.8. The quantitative estimate of drug-likeness (QED) is 0.508. The van der Waals surface area contributed by atoms with Gasteiger partial charge in [-0.1, -0.05) is 0 Å². The van der Waals surface area contributed by atoms with Gasteiger partial charge in [0.25, 0.3) is 0 Å². The van der Waals surface area contributed by atoms with Gasteiger partial charge in [-0.3, -0.25) is 4.90 Å². The van der Waals surface area contributed by atoms with Crippen molar-refractivity contribution < 1.29 is 27.4 Å². The van der Waals surface area contributed by atoms with Crippen LogP contribution in [-0.4, -0.2) is 72.4 Å². The molecule has 3 saturated carbocycles. The van der Waals surface area contributed by atoms with Crippen molar-refractivity contribution in [1.82, 2.24) is 19.4 Å². The molecule has 2 N–H and O–H groups in total. The fourth-order valence-corrected chi connectivity index (χ4v) is 5.76. The van der Waals surface area contributed by atoms with Gasteiger partial charge < -0.3 is 24.5 Å². The summed E-state index contributed by atoms with van der Waals surface area (Å²) < 4.78 is 55.5. The summed E-state index contributed by atoms with van der Waals surface area (Å²) in [7, 11) is 3.43. The lowest BCUT2D eigenvalue weighted by molar-refractivity contribution is -0.274. The average molecular weight is 496 g/mol. The van der Waals surface area contributed by atoms with Crippen molar-refractivity contribution in [3.8, 4) is 17.0 Å². The number of hydrogen-bond acceptors (Lipinski definition) is 7. The molecule has 0 spiro atoms. The van der Waals surface area contributed by atoms with Crippen molar-refractivity contribution in [2.75, 3.05) is 46.3 Å². The predicted octanol–water partition coefficient (Wildman–Crippen LogP) is 3.78. The van der Waals surface area contributed by atoms with Gasteiger partial charge in [-0.25, -0.2) is 9.97 Å². The summed E-state index contributed by atoms with van der Waals surface area (Å²) in [5, 5.41) is 0. The average Bonchev–Trinajstić information content (AvgIpc) is 3.55. The number of anilines is 1. The highest BCUT2D eigenvalue weighted by Gasteiger charge is 2.63. The number of fused-ring (bicyclic) bond motifs is 1. The van der Waals surface area contributed by atoms with Crippen LogP contribution in [0.3, 0.4) is 0 Å². The Morgan fingerprint density at radius 2 is 1.89 bits per heavy atom. The summed E-state index contributed by atoms with van der Waals surface area (Å²) in [5.41, 5.74) is 6.70. The molecular weight excluding hydrogens is 463 g/mol. The van der Waals surface area contributed by atoms with E-state index in [1.165, 1.54) is 12.3 Å². The first-order chi connectivity index (χ1) is 16.8. The van der Waals surface area contributed by atoms with E-state index >= 15 is 0 Å². The summed E-state index contributed by atoms with van der Waals surface area (Å²) >= 11 is 0. The molecule has 2 aromatic rings. The van der Waals surface area contributed by atoms with E-state index in [1.54, 1.807) is 14.2 Å². The number of nitrogens with two attached hydrogens (primary N) is 1. The Bertz CT molecular complexity index is 1050. The minimum Gasteiger partial charge on any atom is -0.402 e. The largest absolute Gasteiger partial charge is 0.573 e. The van der Waals surface area contributed by atoms with Crippen molar-refractivity contribution >= 4 is 5.82 Å². The molecule has 3 unspecified atom stereocenters. The van der Waals surface area contributed by atoms with E-state index in [2.05, 4.69) is 19.2 Å².